The molecule has 2 rings (SSSR count). The molecule has 2 fully saturated rings. The predicted molar refractivity (Wildman–Crippen MR) is 65.7 cm³/mol. The average molecular weight is 241 g/mol. The van der Waals surface area contributed by atoms with Crippen molar-refractivity contribution in [2.45, 2.75) is 25.3 Å². The molecule has 1 saturated heterocycles. The van der Waals surface area contributed by atoms with E-state index in [9.17, 15) is 4.79 Å². The zero-order valence-electron chi connectivity index (χ0n) is 10.4. The summed E-state index contributed by atoms with van der Waals surface area (Å²) in [5, 5.41) is 12.2. The van der Waals surface area contributed by atoms with E-state index in [4.69, 9.17) is 5.11 Å². The third-order valence-electron chi connectivity index (χ3n) is 3.53. The van der Waals surface area contributed by atoms with Crippen molar-refractivity contribution in [3.8, 4) is 0 Å². The summed E-state index contributed by atoms with van der Waals surface area (Å²) >= 11 is 0. The fourth-order valence-electron chi connectivity index (χ4n) is 2.36. The van der Waals surface area contributed by atoms with Gasteiger partial charge in [0.15, 0.2) is 0 Å². The molecular weight excluding hydrogens is 218 g/mol. The lowest BCUT2D eigenvalue weighted by Crippen LogP contribution is -2.47. The van der Waals surface area contributed by atoms with Gasteiger partial charge in [0.05, 0.1) is 6.61 Å². The Morgan fingerprint density at radius 3 is 2.59 bits per heavy atom. The van der Waals surface area contributed by atoms with E-state index in [1.54, 1.807) is 0 Å². The van der Waals surface area contributed by atoms with Crippen LogP contribution in [0.1, 0.15) is 19.3 Å². The number of nitrogens with one attached hydrogen (secondary N) is 1. The third kappa shape index (κ3) is 3.94. The van der Waals surface area contributed by atoms with Gasteiger partial charge in [-0.25, -0.2) is 0 Å². The largest absolute Gasteiger partial charge is 0.395 e. The standard InChI is InChI=1S/C12H23N3O2/c16-10-9-14(11-1-2-11)6-3-12(17)15-7-4-13-5-8-15/h11,13,16H,1-10H2. The molecule has 1 heterocycles. The summed E-state index contributed by atoms with van der Waals surface area (Å²) in [7, 11) is 0. The molecule has 5 nitrogen and oxygen atoms in total. The molecule has 0 aromatic rings. The van der Waals surface area contributed by atoms with Crippen LogP contribution in [-0.2, 0) is 4.79 Å². The highest BCUT2D eigenvalue weighted by atomic mass is 16.3. The van der Waals surface area contributed by atoms with Crippen LogP contribution >= 0.6 is 0 Å². The van der Waals surface area contributed by atoms with Crippen molar-refractivity contribution in [1.82, 2.24) is 15.1 Å². The first kappa shape index (κ1) is 12.8. The van der Waals surface area contributed by atoms with Gasteiger partial charge in [-0.2, -0.15) is 0 Å². The molecule has 0 spiro atoms. The SMILES string of the molecule is O=C(CCN(CCO)C1CC1)N1CCNCC1. The third-order valence-corrected chi connectivity index (χ3v) is 3.53. The minimum absolute atomic E-state index is 0.193. The summed E-state index contributed by atoms with van der Waals surface area (Å²) in [6, 6.07) is 0.623. The van der Waals surface area contributed by atoms with Gasteiger partial charge in [0, 0.05) is 51.7 Å². The van der Waals surface area contributed by atoms with Crippen LogP contribution in [0.4, 0.5) is 0 Å². The first-order valence-corrected chi connectivity index (χ1v) is 6.64. The quantitative estimate of drug-likeness (QED) is 0.643. The highest BCUT2D eigenvalue weighted by Crippen LogP contribution is 2.26. The Kier molecular flexibility index (Phi) is 4.76. The number of aliphatic hydroxyl groups is 1. The van der Waals surface area contributed by atoms with Crippen LogP contribution in [-0.4, -0.2) is 72.7 Å². The molecule has 17 heavy (non-hydrogen) atoms. The Balaban J connectivity index is 1.69. The van der Waals surface area contributed by atoms with Gasteiger partial charge in [-0.05, 0) is 12.8 Å². The van der Waals surface area contributed by atoms with Crippen molar-refractivity contribution in [2.75, 3.05) is 45.9 Å². The van der Waals surface area contributed by atoms with Gasteiger partial charge in [0.2, 0.25) is 5.91 Å². The van der Waals surface area contributed by atoms with Gasteiger partial charge in [-0.15, -0.1) is 0 Å². The number of carbonyl (C=O) groups is 1. The summed E-state index contributed by atoms with van der Waals surface area (Å²) in [6.07, 6.45) is 3.04. The maximum atomic E-state index is 12.0. The molecule has 0 atom stereocenters. The van der Waals surface area contributed by atoms with Gasteiger partial charge < -0.3 is 15.3 Å². The predicted octanol–water partition coefficient (Wildman–Crippen LogP) is -0.735. The van der Waals surface area contributed by atoms with Gasteiger partial charge in [-0.1, -0.05) is 0 Å². The number of amides is 1. The molecule has 5 heteroatoms. The van der Waals surface area contributed by atoms with E-state index >= 15 is 0 Å². The number of aliphatic hydroxyl groups excluding tert-OH is 1. The highest BCUT2D eigenvalue weighted by molar-refractivity contribution is 5.76. The average Bonchev–Trinajstić information content (AvgIpc) is 3.19. The molecule has 2 aliphatic rings. The van der Waals surface area contributed by atoms with Crippen LogP contribution < -0.4 is 5.32 Å². The summed E-state index contributed by atoms with van der Waals surface area (Å²) in [5.74, 6) is 0.259. The van der Waals surface area contributed by atoms with E-state index in [1.807, 2.05) is 4.90 Å². The number of hydrogen-bond donors (Lipinski definition) is 2. The zero-order chi connectivity index (χ0) is 12.1. The molecule has 0 radical (unpaired) electrons. The summed E-state index contributed by atoms with van der Waals surface area (Å²) in [5.41, 5.74) is 0. The van der Waals surface area contributed by atoms with Crippen molar-refractivity contribution in [2.24, 2.45) is 0 Å². The first-order valence-electron chi connectivity index (χ1n) is 6.64. The van der Waals surface area contributed by atoms with Crippen LogP contribution in [0.2, 0.25) is 0 Å². The zero-order valence-corrected chi connectivity index (χ0v) is 10.4. The maximum absolute atomic E-state index is 12.0. The Morgan fingerprint density at radius 1 is 1.29 bits per heavy atom. The van der Waals surface area contributed by atoms with Gasteiger partial charge in [0.1, 0.15) is 0 Å². The van der Waals surface area contributed by atoms with E-state index in [0.717, 1.165) is 32.7 Å². The minimum atomic E-state index is 0.193. The fraction of sp³-hybridized carbons (Fsp3) is 0.917. The maximum Gasteiger partial charge on any atom is 0.223 e. The van der Waals surface area contributed by atoms with E-state index in [2.05, 4.69) is 10.2 Å². The molecule has 0 bridgehead atoms. The lowest BCUT2D eigenvalue weighted by Gasteiger charge is -2.28. The van der Waals surface area contributed by atoms with Crippen LogP contribution in [0.5, 0.6) is 0 Å². The number of piperazine rings is 1. The normalized spacial score (nSPS) is 20.9. The Hall–Kier alpha value is -0.650. The molecule has 98 valence electrons. The lowest BCUT2D eigenvalue weighted by atomic mass is 10.3. The van der Waals surface area contributed by atoms with Gasteiger partial charge in [0.25, 0.3) is 0 Å². The molecule has 1 aliphatic heterocycles. The van der Waals surface area contributed by atoms with Crippen molar-refractivity contribution in [3.05, 3.63) is 0 Å². The molecular formula is C12H23N3O2. The lowest BCUT2D eigenvalue weighted by molar-refractivity contribution is -0.132. The molecule has 0 aromatic heterocycles. The second-order valence-corrected chi connectivity index (χ2v) is 4.87. The second kappa shape index (κ2) is 6.33. The second-order valence-electron chi connectivity index (χ2n) is 4.87. The minimum Gasteiger partial charge on any atom is -0.395 e. The molecule has 1 amide bonds. The molecule has 1 aliphatic carbocycles. The molecule has 2 N–H and O–H groups in total. The number of nitrogens with zero attached hydrogens (tertiary/aromatic N) is 2. The van der Waals surface area contributed by atoms with E-state index < -0.39 is 0 Å². The van der Waals surface area contributed by atoms with Crippen molar-refractivity contribution >= 4 is 5.91 Å². The number of rotatable bonds is 6. The van der Waals surface area contributed by atoms with E-state index in [-0.39, 0.29) is 12.5 Å². The molecule has 1 saturated carbocycles. The molecule has 0 aromatic carbocycles. The smallest absolute Gasteiger partial charge is 0.223 e. The van der Waals surface area contributed by atoms with Crippen LogP contribution in [0.15, 0.2) is 0 Å². The molecule has 0 unspecified atom stereocenters. The van der Waals surface area contributed by atoms with E-state index in [0.29, 0.717) is 19.0 Å². The highest BCUT2D eigenvalue weighted by Gasteiger charge is 2.29. The van der Waals surface area contributed by atoms with Crippen molar-refractivity contribution in [3.63, 3.8) is 0 Å². The Bertz CT molecular complexity index is 250. The summed E-state index contributed by atoms with van der Waals surface area (Å²) in [4.78, 5) is 16.2. The first-order chi connectivity index (χ1) is 8.31. The van der Waals surface area contributed by atoms with Gasteiger partial charge in [-0.3, -0.25) is 9.69 Å². The summed E-state index contributed by atoms with van der Waals surface area (Å²) < 4.78 is 0. The summed E-state index contributed by atoms with van der Waals surface area (Å²) in [6.45, 7) is 5.19. The monoisotopic (exact) mass is 241 g/mol. The van der Waals surface area contributed by atoms with E-state index in [1.165, 1.54) is 12.8 Å². The van der Waals surface area contributed by atoms with Crippen LogP contribution in [0.25, 0.3) is 0 Å². The van der Waals surface area contributed by atoms with Gasteiger partial charge >= 0.3 is 0 Å². The fourth-order valence-corrected chi connectivity index (χ4v) is 2.36. The topological polar surface area (TPSA) is 55.8 Å². The Morgan fingerprint density at radius 2 is 2.00 bits per heavy atom. The van der Waals surface area contributed by atoms with Crippen LogP contribution in [0, 0.1) is 0 Å². The number of hydrogen-bond acceptors (Lipinski definition) is 4. The number of carbonyl (C=O) groups excluding carboxylic acids is 1. The Labute approximate surface area is 103 Å². The van der Waals surface area contributed by atoms with Crippen molar-refractivity contribution < 1.29 is 9.90 Å². The van der Waals surface area contributed by atoms with Crippen molar-refractivity contribution in [1.29, 1.82) is 0 Å². The van der Waals surface area contributed by atoms with Crippen LogP contribution in [0.3, 0.4) is 0 Å².